The van der Waals surface area contributed by atoms with E-state index >= 15 is 0 Å². The third kappa shape index (κ3) is 3.84. The Bertz CT molecular complexity index is 439. The van der Waals surface area contributed by atoms with Gasteiger partial charge >= 0.3 is 0 Å². The summed E-state index contributed by atoms with van der Waals surface area (Å²) in [5, 5.41) is 3.53. The van der Waals surface area contributed by atoms with Crippen LogP contribution in [0.2, 0.25) is 0 Å². The standard InChI is InChI=1S/C16H27N3O/c1-13-10-15(20-16(13)11-17-14-4-5-14)12-19-7-3-6-18(2)8-9-19/h10,14,17H,3-9,11-12H2,1-2H3. The van der Waals surface area contributed by atoms with E-state index in [1.165, 1.54) is 37.9 Å². The molecule has 0 bridgehead atoms. The minimum atomic E-state index is 0.740. The van der Waals surface area contributed by atoms with Gasteiger partial charge in [-0.15, -0.1) is 0 Å². The van der Waals surface area contributed by atoms with Crippen molar-refractivity contribution in [1.29, 1.82) is 0 Å². The Kier molecular flexibility index (Phi) is 4.44. The van der Waals surface area contributed by atoms with Crippen LogP contribution in [0.4, 0.5) is 0 Å². The minimum Gasteiger partial charge on any atom is -0.463 e. The topological polar surface area (TPSA) is 31.6 Å². The van der Waals surface area contributed by atoms with Crippen molar-refractivity contribution in [3.05, 3.63) is 23.2 Å². The average molecular weight is 277 g/mol. The van der Waals surface area contributed by atoms with Gasteiger partial charge in [0.15, 0.2) is 0 Å². The lowest BCUT2D eigenvalue weighted by Gasteiger charge is -2.18. The number of hydrogen-bond acceptors (Lipinski definition) is 4. The lowest BCUT2D eigenvalue weighted by Crippen LogP contribution is -2.28. The largest absolute Gasteiger partial charge is 0.463 e. The molecule has 1 aliphatic carbocycles. The van der Waals surface area contributed by atoms with Gasteiger partial charge in [-0.05, 0) is 58.0 Å². The van der Waals surface area contributed by atoms with Crippen LogP contribution < -0.4 is 5.32 Å². The van der Waals surface area contributed by atoms with Crippen LogP contribution >= 0.6 is 0 Å². The maximum absolute atomic E-state index is 6.05. The molecule has 0 atom stereocenters. The molecule has 0 spiro atoms. The monoisotopic (exact) mass is 277 g/mol. The lowest BCUT2D eigenvalue weighted by atomic mass is 10.2. The van der Waals surface area contributed by atoms with Crippen LogP contribution in [0.5, 0.6) is 0 Å². The molecule has 0 aromatic carbocycles. The number of nitrogens with zero attached hydrogens (tertiary/aromatic N) is 2. The molecule has 1 saturated heterocycles. The van der Waals surface area contributed by atoms with Gasteiger partial charge in [0.05, 0.1) is 13.1 Å². The van der Waals surface area contributed by atoms with Gasteiger partial charge in [0.2, 0.25) is 0 Å². The first-order valence-electron chi connectivity index (χ1n) is 7.93. The summed E-state index contributed by atoms with van der Waals surface area (Å²) in [6.07, 6.45) is 3.91. The van der Waals surface area contributed by atoms with Crippen molar-refractivity contribution in [3.8, 4) is 0 Å². The molecule has 4 heteroatoms. The van der Waals surface area contributed by atoms with Crippen LogP contribution in [-0.2, 0) is 13.1 Å². The Labute approximate surface area is 122 Å². The van der Waals surface area contributed by atoms with E-state index in [1.54, 1.807) is 0 Å². The molecule has 112 valence electrons. The normalized spacial score (nSPS) is 22.1. The van der Waals surface area contributed by atoms with Crippen molar-refractivity contribution in [2.75, 3.05) is 33.2 Å². The Balaban J connectivity index is 1.54. The van der Waals surface area contributed by atoms with Gasteiger partial charge in [-0.2, -0.15) is 0 Å². The lowest BCUT2D eigenvalue weighted by molar-refractivity contribution is 0.246. The molecule has 20 heavy (non-hydrogen) atoms. The molecular formula is C16H27N3O. The number of nitrogens with one attached hydrogen (secondary N) is 1. The fourth-order valence-electron chi connectivity index (χ4n) is 2.85. The van der Waals surface area contributed by atoms with E-state index < -0.39 is 0 Å². The number of furan rings is 1. The van der Waals surface area contributed by atoms with E-state index in [0.29, 0.717) is 0 Å². The quantitative estimate of drug-likeness (QED) is 0.892. The summed E-state index contributed by atoms with van der Waals surface area (Å²) >= 11 is 0. The third-order valence-electron chi connectivity index (χ3n) is 4.39. The van der Waals surface area contributed by atoms with Gasteiger partial charge in [-0.1, -0.05) is 0 Å². The van der Waals surface area contributed by atoms with E-state index in [0.717, 1.165) is 43.7 Å². The van der Waals surface area contributed by atoms with Crippen molar-refractivity contribution in [2.45, 2.75) is 45.3 Å². The van der Waals surface area contributed by atoms with Crippen molar-refractivity contribution < 1.29 is 4.42 Å². The molecule has 0 amide bonds. The fraction of sp³-hybridized carbons (Fsp3) is 0.750. The first-order valence-corrected chi connectivity index (χ1v) is 7.93. The van der Waals surface area contributed by atoms with Gasteiger partial charge < -0.3 is 14.6 Å². The van der Waals surface area contributed by atoms with Crippen LogP contribution in [0.3, 0.4) is 0 Å². The van der Waals surface area contributed by atoms with Crippen molar-refractivity contribution in [2.24, 2.45) is 0 Å². The zero-order valence-corrected chi connectivity index (χ0v) is 12.8. The molecule has 1 aliphatic heterocycles. The third-order valence-corrected chi connectivity index (χ3v) is 4.39. The number of likely N-dealkylation sites (N-methyl/N-ethyl adjacent to an activating group) is 1. The zero-order chi connectivity index (χ0) is 13.9. The van der Waals surface area contributed by atoms with E-state index in [9.17, 15) is 0 Å². The summed E-state index contributed by atoms with van der Waals surface area (Å²) < 4.78 is 6.05. The zero-order valence-electron chi connectivity index (χ0n) is 12.8. The fourth-order valence-corrected chi connectivity index (χ4v) is 2.85. The summed E-state index contributed by atoms with van der Waals surface area (Å²) in [5.74, 6) is 2.25. The van der Waals surface area contributed by atoms with Crippen molar-refractivity contribution in [3.63, 3.8) is 0 Å². The van der Waals surface area contributed by atoms with Crippen molar-refractivity contribution in [1.82, 2.24) is 15.1 Å². The van der Waals surface area contributed by atoms with Crippen LogP contribution in [0.15, 0.2) is 10.5 Å². The van der Waals surface area contributed by atoms with Gasteiger partial charge in [0.1, 0.15) is 11.5 Å². The van der Waals surface area contributed by atoms with Crippen LogP contribution in [0.25, 0.3) is 0 Å². The smallest absolute Gasteiger partial charge is 0.120 e. The SMILES string of the molecule is Cc1cc(CN2CCCN(C)CC2)oc1CNC1CC1. The maximum Gasteiger partial charge on any atom is 0.120 e. The summed E-state index contributed by atoms with van der Waals surface area (Å²) in [5.41, 5.74) is 1.29. The molecule has 0 radical (unpaired) electrons. The molecule has 0 unspecified atom stereocenters. The predicted molar refractivity (Wildman–Crippen MR) is 80.7 cm³/mol. The summed E-state index contributed by atoms with van der Waals surface area (Å²) in [6, 6.07) is 2.96. The van der Waals surface area contributed by atoms with Gasteiger partial charge in [0, 0.05) is 19.1 Å². The van der Waals surface area contributed by atoms with Crippen LogP contribution in [0.1, 0.15) is 36.3 Å². The molecule has 4 nitrogen and oxygen atoms in total. The molecule has 1 aromatic rings. The summed E-state index contributed by atoms with van der Waals surface area (Å²) in [6.45, 7) is 8.70. The van der Waals surface area contributed by atoms with Crippen LogP contribution in [-0.4, -0.2) is 49.1 Å². The second-order valence-electron chi connectivity index (χ2n) is 6.41. The Morgan fingerprint density at radius 1 is 1.25 bits per heavy atom. The van der Waals surface area contributed by atoms with Gasteiger partial charge in [0.25, 0.3) is 0 Å². The highest BCUT2D eigenvalue weighted by Crippen LogP contribution is 2.21. The second-order valence-corrected chi connectivity index (χ2v) is 6.41. The number of hydrogen-bond donors (Lipinski definition) is 1. The van der Waals surface area contributed by atoms with Gasteiger partial charge in [-0.3, -0.25) is 4.90 Å². The predicted octanol–water partition coefficient (Wildman–Crippen LogP) is 1.98. The molecule has 3 rings (SSSR count). The molecule has 1 saturated carbocycles. The molecule has 2 aliphatic rings. The van der Waals surface area contributed by atoms with E-state index in [2.05, 4.69) is 35.2 Å². The summed E-state index contributed by atoms with van der Waals surface area (Å²) in [4.78, 5) is 4.93. The molecule has 1 aromatic heterocycles. The van der Waals surface area contributed by atoms with Crippen LogP contribution in [0, 0.1) is 6.92 Å². The number of aryl methyl sites for hydroxylation is 1. The molecule has 2 fully saturated rings. The highest BCUT2D eigenvalue weighted by molar-refractivity contribution is 5.20. The Morgan fingerprint density at radius 3 is 2.90 bits per heavy atom. The first kappa shape index (κ1) is 14.1. The van der Waals surface area contributed by atoms with Crippen molar-refractivity contribution >= 4 is 0 Å². The Hall–Kier alpha value is -0.840. The maximum atomic E-state index is 6.05. The summed E-state index contributed by atoms with van der Waals surface area (Å²) in [7, 11) is 2.21. The highest BCUT2D eigenvalue weighted by Gasteiger charge is 2.21. The minimum absolute atomic E-state index is 0.740. The molecular weight excluding hydrogens is 250 g/mol. The molecule has 2 heterocycles. The first-order chi connectivity index (χ1) is 9.70. The Morgan fingerprint density at radius 2 is 2.10 bits per heavy atom. The van der Waals surface area contributed by atoms with Gasteiger partial charge in [-0.25, -0.2) is 0 Å². The number of rotatable bonds is 5. The average Bonchev–Trinajstić information content (AvgIpc) is 3.19. The van der Waals surface area contributed by atoms with E-state index in [1.807, 2.05) is 0 Å². The highest BCUT2D eigenvalue weighted by atomic mass is 16.3. The van der Waals surface area contributed by atoms with E-state index in [-0.39, 0.29) is 0 Å². The van der Waals surface area contributed by atoms with E-state index in [4.69, 9.17) is 4.42 Å². The second kappa shape index (κ2) is 6.29. The molecule has 1 N–H and O–H groups in total.